The lowest BCUT2D eigenvalue weighted by atomic mass is 9.82. The standard InChI is InChI=1S/C22H18FN3O2/c1-13-3-2-4-15(9-13)21(28)26-22-24-12-18-19(25-22)10-16(11-20(18)27)14-5-7-17(23)8-6-14/h2-9,12,16H,10-11H2,1H3,(H,24,25,26,28). The molecule has 0 aliphatic heterocycles. The summed E-state index contributed by atoms with van der Waals surface area (Å²) in [5, 5.41) is 2.69. The number of carbonyl (C=O) groups excluding carboxylic acids is 2. The Hall–Kier alpha value is -3.41. The highest BCUT2D eigenvalue weighted by Crippen LogP contribution is 2.32. The average Bonchev–Trinajstić information content (AvgIpc) is 2.68. The fourth-order valence-electron chi connectivity index (χ4n) is 3.44. The molecular weight excluding hydrogens is 357 g/mol. The Morgan fingerprint density at radius 2 is 1.93 bits per heavy atom. The van der Waals surface area contributed by atoms with Gasteiger partial charge >= 0.3 is 0 Å². The molecule has 6 heteroatoms. The van der Waals surface area contributed by atoms with Gasteiger partial charge in [-0.3, -0.25) is 14.9 Å². The highest BCUT2D eigenvalue weighted by Gasteiger charge is 2.28. The number of hydrogen-bond acceptors (Lipinski definition) is 4. The fourth-order valence-corrected chi connectivity index (χ4v) is 3.44. The molecule has 1 unspecified atom stereocenters. The molecular formula is C22H18FN3O2. The number of ketones is 1. The number of rotatable bonds is 3. The van der Waals surface area contributed by atoms with Crippen LogP contribution in [0.2, 0.25) is 0 Å². The maximum atomic E-state index is 13.2. The molecule has 0 radical (unpaired) electrons. The highest BCUT2D eigenvalue weighted by atomic mass is 19.1. The molecule has 0 saturated carbocycles. The summed E-state index contributed by atoms with van der Waals surface area (Å²) in [7, 11) is 0. The fraction of sp³-hybridized carbons (Fsp3) is 0.182. The average molecular weight is 375 g/mol. The van der Waals surface area contributed by atoms with Gasteiger partial charge in [-0.1, -0.05) is 29.8 Å². The van der Waals surface area contributed by atoms with Crippen molar-refractivity contribution in [3.8, 4) is 0 Å². The van der Waals surface area contributed by atoms with E-state index in [9.17, 15) is 14.0 Å². The van der Waals surface area contributed by atoms with Crippen molar-refractivity contribution in [1.29, 1.82) is 0 Å². The number of Topliss-reactive ketones (excluding diaryl/α,β-unsaturated/α-hetero) is 1. The summed E-state index contributed by atoms with van der Waals surface area (Å²) >= 11 is 0. The van der Waals surface area contributed by atoms with Crippen molar-refractivity contribution in [1.82, 2.24) is 9.97 Å². The molecule has 4 rings (SSSR count). The molecule has 1 aliphatic rings. The second-order valence-corrected chi connectivity index (χ2v) is 6.96. The number of amides is 1. The molecule has 0 fully saturated rings. The number of nitrogens with zero attached hydrogens (tertiary/aromatic N) is 2. The second-order valence-electron chi connectivity index (χ2n) is 6.96. The van der Waals surface area contributed by atoms with E-state index in [1.807, 2.05) is 19.1 Å². The molecule has 1 heterocycles. The molecule has 0 saturated heterocycles. The maximum Gasteiger partial charge on any atom is 0.258 e. The van der Waals surface area contributed by atoms with Crippen molar-refractivity contribution in [3.63, 3.8) is 0 Å². The zero-order valence-electron chi connectivity index (χ0n) is 15.3. The van der Waals surface area contributed by atoms with Crippen LogP contribution in [-0.4, -0.2) is 21.7 Å². The number of aromatic nitrogens is 2. The Kier molecular flexibility index (Phi) is 4.69. The van der Waals surface area contributed by atoms with E-state index < -0.39 is 0 Å². The Balaban J connectivity index is 1.57. The van der Waals surface area contributed by atoms with Crippen molar-refractivity contribution in [2.45, 2.75) is 25.7 Å². The first-order chi connectivity index (χ1) is 13.5. The van der Waals surface area contributed by atoms with E-state index in [0.717, 1.165) is 11.1 Å². The lowest BCUT2D eigenvalue weighted by Crippen LogP contribution is -2.22. The normalized spacial score (nSPS) is 15.8. The number of nitrogens with one attached hydrogen (secondary N) is 1. The molecule has 140 valence electrons. The number of hydrogen-bond donors (Lipinski definition) is 1. The summed E-state index contributed by atoms with van der Waals surface area (Å²) in [6, 6.07) is 13.4. The first kappa shape index (κ1) is 18.0. The number of aryl methyl sites for hydroxylation is 1. The van der Waals surface area contributed by atoms with Crippen molar-refractivity contribution in [2.75, 3.05) is 5.32 Å². The van der Waals surface area contributed by atoms with Crippen LogP contribution in [0.5, 0.6) is 0 Å². The second kappa shape index (κ2) is 7.31. The predicted octanol–water partition coefficient (Wildman–Crippen LogP) is 4.09. The van der Waals surface area contributed by atoms with Crippen LogP contribution in [0.15, 0.2) is 54.7 Å². The molecule has 0 spiro atoms. The number of anilines is 1. The summed E-state index contributed by atoms with van der Waals surface area (Å²) < 4.78 is 13.2. The van der Waals surface area contributed by atoms with Crippen LogP contribution in [0, 0.1) is 12.7 Å². The van der Waals surface area contributed by atoms with Crippen LogP contribution >= 0.6 is 0 Å². The molecule has 2 aromatic carbocycles. The lowest BCUT2D eigenvalue weighted by Gasteiger charge is -2.23. The van der Waals surface area contributed by atoms with Crippen molar-refractivity contribution >= 4 is 17.6 Å². The summed E-state index contributed by atoms with van der Waals surface area (Å²) in [4.78, 5) is 33.4. The Morgan fingerprint density at radius 1 is 1.14 bits per heavy atom. The maximum absolute atomic E-state index is 13.2. The third kappa shape index (κ3) is 3.67. The molecule has 3 aromatic rings. The zero-order chi connectivity index (χ0) is 19.7. The lowest BCUT2D eigenvalue weighted by molar-refractivity contribution is 0.0962. The topological polar surface area (TPSA) is 72.0 Å². The number of halogens is 1. The van der Waals surface area contributed by atoms with Crippen molar-refractivity contribution in [3.05, 3.63) is 88.5 Å². The molecule has 1 aliphatic carbocycles. The monoisotopic (exact) mass is 375 g/mol. The summed E-state index contributed by atoms with van der Waals surface area (Å²) in [5.41, 5.74) is 3.46. The van der Waals surface area contributed by atoms with Crippen molar-refractivity contribution in [2.24, 2.45) is 0 Å². The van der Waals surface area contributed by atoms with Crippen LogP contribution in [0.4, 0.5) is 10.3 Å². The quantitative estimate of drug-likeness (QED) is 0.748. The van der Waals surface area contributed by atoms with Gasteiger partial charge < -0.3 is 0 Å². The number of carbonyl (C=O) groups is 2. The first-order valence-corrected chi connectivity index (χ1v) is 9.02. The Labute approximate surface area is 161 Å². The molecule has 28 heavy (non-hydrogen) atoms. The van der Waals surface area contributed by atoms with E-state index in [0.29, 0.717) is 29.7 Å². The van der Waals surface area contributed by atoms with Gasteiger partial charge in [0.1, 0.15) is 5.82 Å². The van der Waals surface area contributed by atoms with Crippen LogP contribution in [0.25, 0.3) is 0 Å². The van der Waals surface area contributed by atoms with E-state index >= 15 is 0 Å². The van der Waals surface area contributed by atoms with Crippen LogP contribution < -0.4 is 5.32 Å². The third-order valence-corrected chi connectivity index (χ3v) is 4.89. The molecule has 1 atom stereocenters. The number of benzene rings is 2. The van der Waals surface area contributed by atoms with Gasteiger partial charge in [0.05, 0.1) is 11.3 Å². The zero-order valence-corrected chi connectivity index (χ0v) is 15.3. The molecule has 1 aromatic heterocycles. The SMILES string of the molecule is Cc1cccc(C(=O)Nc2ncc3c(n2)CC(c2ccc(F)cc2)CC3=O)c1. The summed E-state index contributed by atoms with van der Waals surface area (Å²) in [6.07, 6.45) is 2.33. The van der Waals surface area contributed by atoms with Gasteiger partial charge in [-0.15, -0.1) is 0 Å². The third-order valence-electron chi connectivity index (χ3n) is 4.89. The van der Waals surface area contributed by atoms with Crippen LogP contribution in [-0.2, 0) is 6.42 Å². The van der Waals surface area contributed by atoms with Gasteiger partial charge in [-0.05, 0) is 49.1 Å². The molecule has 1 N–H and O–H groups in total. The van der Waals surface area contributed by atoms with Gasteiger partial charge in [0.2, 0.25) is 5.95 Å². The van der Waals surface area contributed by atoms with Gasteiger partial charge in [0.25, 0.3) is 5.91 Å². The van der Waals surface area contributed by atoms with Gasteiger partial charge in [0, 0.05) is 18.2 Å². The molecule has 1 amide bonds. The smallest absolute Gasteiger partial charge is 0.258 e. The minimum Gasteiger partial charge on any atom is -0.294 e. The van der Waals surface area contributed by atoms with E-state index in [-0.39, 0.29) is 29.4 Å². The minimum atomic E-state index is -0.310. The van der Waals surface area contributed by atoms with Crippen LogP contribution in [0.1, 0.15) is 49.9 Å². The van der Waals surface area contributed by atoms with E-state index in [1.54, 1.807) is 24.3 Å². The highest BCUT2D eigenvalue weighted by molar-refractivity contribution is 6.03. The summed E-state index contributed by atoms with van der Waals surface area (Å²) in [5.74, 6) is -0.573. The van der Waals surface area contributed by atoms with Gasteiger partial charge in [-0.25, -0.2) is 14.4 Å². The van der Waals surface area contributed by atoms with Gasteiger partial charge in [0.15, 0.2) is 5.78 Å². The summed E-state index contributed by atoms with van der Waals surface area (Å²) in [6.45, 7) is 1.91. The Bertz CT molecular complexity index is 1060. The van der Waals surface area contributed by atoms with Crippen LogP contribution in [0.3, 0.4) is 0 Å². The van der Waals surface area contributed by atoms with E-state index in [4.69, 9.17) is 0 Å². The first-order valence-electron chi connectivity index (χ1n) is 9.02. The Morgan fingerprint density at radius 3 is 2.68 bits per heavy atom. The largest absolute Gasteiger partial charge is 0.294 e. The predicted molar refractivity (Wildman–Crippen MR) is 103 cm³/mol. The number of fused-ring (bicyclic) bond motifs is 1. The van der Waals surface area contributed by atoms with Crippen molar-refractivity contribution < 1.29 is 14.0 Å². The minimum absolute atomic E-state index is 0.0489. The molecule has 5 nitrogen and oxygen atoms in total. The van der Waals surface area contributed by atoms with E-state index in [1.165, 1.54) is 18.3 Å². The van der Waals surface area contributed by atoms with Gasteiger partial charge in [-0.2, -0.15) is 0 Å². The molecule has 0 bridgehead atoms. The van der Waals surface area contributed by atoms with E-state index in [2.05, 4.69) is 15.3 Å².